The number of benzene rings is 1. The maximum atomic E-state index is 10.8. The van der Waals surface area contributed by atoms with E-state index in [0.29, 0.717) is 5.75 Å². The van der Waals surface area contributed by atoms with E-state index in [9.17, 15) is 4.79 Å². The number of carbonyl (C=O) groups is 1. The van der Waals surface area contributed by atoms with Crippen LogP contribution in [0.15, 0.2) is 40.0 Å². The topological polar surface area (TPSA) is 35.5 Å². The van der Waals surface area contributed by atoms with Crippen molar-refractivity contribution in [2.45, 2.75) is 0 Å². The lowest BCUT2D eigenvalue weighted by molar-refractivity contribution is -0.134. The number of carbonyl (C=O) groups excluding carboxylic acids is 1. The first-order valence-corrected chi connectivity index (χ1v) is 6.25. The van der Waals surface area contributed by atoms with E-state index in [1.54, 1.807) is 6.07 Å². The first kappa shape index (κ1) is 14.0. The predicted octanol–water partition coefficient (Wildman–Crippen LogP) is 3.84. The van der Waals surface area contributed by atoms with Crippen LogP contribution in [0.4, 0.5) is 0 Å². The fourth-order valence-electron chi connectivity index (χ4n) is 1.06. The van der Waals surface area contributed by atoms with Crippen LogP contribution in [0.3, 0.4) is 0 Å². The van der Waals surface area contributed by atoms with Gasteiger partial charge in [-0.3, -0.25) is 0 Å². The normalized spacial score (nSPS) is 10.1. The average molecular weight is 362 g/mol. The minimum absolute atomic E-state index is 0.459. The molecule has 17 heavy (non-hydrogen) atoms. The molecule has 0 radical (unpaired) electrons. The third kappa shape index (κ3) is 5.19. The van der Waals surface area contributed by atoms with E-state index in [1.165, 1.54) is 19.4 Å². The molecule has 0 aromatic heterocycles. The summed E-state index contributed by atoms with van der Waals surface area (Å²) in [4.78, 5) is 10.8. The van der Waals surface area contributed by atoms with Crippen LogP contribution in [0.1, 0.15) is 5.56 Å². The summed E-state index contributed by atoms with van der Waals surface area (Å²) in [6, 6.07) is 7.44. The Kier molecular flexibility index (Phi) is 6.00. The molecule has 0 aliphatic carbocycles. The van der Waals surface area contributed by atoms with Gasteiger partial charge in [-0.05, 0) is 44.0 Å². The Morgan fingerprint density at radius 3 is 2.65 bits per heavy atom. The van der Waals surface area contributed by atoms with Gasteiger partial charge in [0.15, 0.2) is 0 Å². The summed E-state index contributed by atoms with van der Waals surface area (Å²) in [6.07, 6.45) is 4.35. The number of hydrogen-bond acceptors (Lipinski definition) is 3. The molecule has 0 saturated carbocycles. The average Bonchev–Trinajstić information content (AvgIpc) is 2.30. The van der Waals surface area contributed by atoms with Gasteiger partial charge in [0.2, 0.25) is 0 Å². The summed E-state index contributed by atoms with van der Waals surface area (Å²) >= 11 is 6.56. The largest absolute Gasteiger partial charge is 0.466 e. The lowest BCUT2D eigenvalue weighted by Crippen LogP contribution is -1.95. The highest BCUT2D eigenvalue weighted by Gasteiger charge is 1.99. The van der Waals surface area contributed by atoms with E-state index in [1.807, 2.05) is 24.3 Å². The maximum absolute atomic E-state index is 10.8. The molecular formula is C12H10Br2O3. The Balaban J connectivity index is 2.81. The first-order chi connectivity index (χ1) is 8.13. The van der Waals surface area contributed by atoms with Crippen LogP contribution in [0.25, 0.3) is 6.08 Å². The summed E-state index contributed by atoms with van der Waals surface area (Å²) in [6.45, 7) is 0. The first-order valence-electron chi connectivity index (χ1n) is 4.66. The minimum atomic E-state index is -0.459. The molecular weight excluding hydrogens is 352 g/mol. The van der Waals surface area contributed by atoms with E-state index in [0.717, 1.165) is 8.96 Å². The Bertz CT molecular complexity index is 449. The fourth-order valence-corrected chi connectivity index (χ4v) is 1.55. The van der Waals surface area contributed by atoms with Gasteiger partial charge in [-0.2, -0.15) is 0 Å². The summed E-state index contributed by atoms with van der Waals surface area (Å²) in [7, 11) is 1.31. The number of esters is 1. The lowest BCUT2D eigenvalue weighted by Gasteiger charge is -2.04. The molecule has 90 valence electrons. The van der Waals surface area contributed by atoms with Crippen molar-refractivity contribution < 1.29 is 14.3 Å². The van der Waals surface area contributed by atoms with Crippen LogP contribution >= 0.6 is 31.9 Å². The van der Waals surface area contributed by atoms with Gasteiger partial charge in [-0.25, -0.2) is 4.79 Å². The second-order valence-corrected chi connectivity index (χ2v) is 5.69. The van der Waals surface area contributed by atoms with Crippen molar-refractivity contribution in [1.29, 1.82) is 0 Å². The van der Waals surface area contributed by atoms with Crippen molar-refractivity contribution in [3.05, 3.63) is 45.6 Å². The SMILES string of the molecule is COC(=O)/C=C/Oc1ccccc1C=C(Br)Br. The Labute approximate surface area is 116 Å². The lowest BCUT2D eigenvalue weighted by atomic mass is 10.2. The Hall–Kier alpha value is -1.07. The molecule has 3 nitrogen and oxygen atoms in total. The van der Waals surface area contributed by atoms with Gasteiger partial charge in [0.25, 0.3) is 0 Å². The fraction of sp³-hybridized carbons (Fsp3) is 0.0833. The van der Waals surface area contributed by atoms with Crippen molar-refractivity contribution in [1.82, 2.24) is 0 Å². The van der Waals surface area contributed by atoms with E-state index < -0.39 is 5.97 Å². The van der Waals surface area contributed by atoms with E-state index >= 15 is 0 Å². The van der Waals surface area contributed by atoms with E-state index in [2.05, 4.69) is 36.6 Å². The number of rotatable bonds is 4. The number of methoxy groups -OCH3 is 1. The van der Waals surface area contributed by atoms with Crippen molar-refractivity contribution in [3.63, 3.8) is 0 Å². The minimum Gasteiger partial charge on any atom is -0.466 e. The van der Waals surface area contributed by atoms with E-state index in [-0.39, 0.29) is 0 Å². The smallest absolute Gasteiger partial charge is 0.333 e. The van der Waals surface area contributed by atoms with Crippen LogP contribution in [0.2, 0.25) is 0 Å². The zero-order valence-electron chi connectivity index (χ0n) is 9.02. The van der Waals surface area contributed by atoms with Gasteiger partial charge in [-0.1, -0.05) is 18.2 Å². The number of hydrogen-bond donors (Lipinski definition) is 0. The van der Waals surface area contributed by atoms with Crippen LogP contribution in [0.5, 0.6) is 5.75 Å². The quantitative estimate of drug-likeness (QED) is 0.464. The standard InChI is InChI=1S/C12H10Br2O3/c1-16-12(15)6-7-17-10-5-3-2-4-9(10)8-11(13)14/h2-8H,1H3/b7-6+. The van der Waals surface area contributed by atoms with Gasteiger partial charge >= 0.3 is 5.97 Å². The second kappa shape index (κ2) is 7.29. The molecule has 0 saturated heterocycles. The summed E-state index contributed by atoms with van der Waals surface area (Å²) in [5.74, 6) is 0.184. The molecule has 1 rings (SSSR count). The van der Waals surface area contributed by atoms with Crippen molar-refractivity contribution in [3.8, 4) is 5.75 Å². The number of halogens is 2. The highest BCUT2D eigenvalue weighted by Crippen LogP contribution is 2.25. The monoisotopic (exact) mass is 360 g/mol. The van der Waals surface area contributed by atoms with Gasteiger partial charge in [-0.15, -0.1) is 0 Å². The number of ether oxygens (including phenoxy) is 2. The van der Waals surface area contributed by atoms with Gasteiger partial charge in [0, 0.05) is 5.56 Å². The van der Waals surface area contributed by atoms with Crippen LogP contribution in [-0.2, 0) is 9.53 Å². The third-order valence-electron chi connectivity index (χ3n) is 1.78. The Morgan fingerprint density at radius 2 is 2.00 bits per heavy atom. The summed E-state index contributed by atoms with van der Waals surface area (Å²) in [5.41, 5.74) is 0.880. The van der Waals surface area contributed by atoms with Crippen molar-refractivity contribution >= 4 is 43.9 Å². The molecule has 0 amide bonds. The summed E-state index contributed by atoms with van der Waals surface area (Å²) < 4.78 is 10.6. The zero-order chi connectivity index (χ0) is 12.7. The highest BCUT2D eigenvalue weighted by molar-refractivity contribution is 9.28. The van der Waals surface area contributed by atoms with Gasteiger partial charge < -0.3 is 9.47 Å². The van der Waals surface area contributed by atoms with Crippen molar-refractivity contribution in [2.75, 3.05) is 7.11 Å². The number of para-hydroxylation sites is 1. The molecule has 0 heterocycles. The molecule has 0 spiro atoms. The van der Waals surface area contributed by atoms with Gasteiger partial charge in [0.05, 0.1) is 22.8 Å². The van der Waals surface area contributed by atoms with Crippen molar-refractivity contribution in [2.24, 2.45) is 0 Å². The molecule has 0 aliphatic rings. The predicted molar refractivity (Wildman–Crippen MR) is 74.1 cm³/mol. The maximum Gasteiger partial charge on any atom is 0.333 e. The molecule has 0 unspecified atom stereocenters. The zero-order valence-corrected chi connectivity index (χ0v) is 12.2. The molecule has 0 N–H and O–H groups in total. The summed E-state index contributed by atoms with van der Waals surface area (Å²) in [5, 5.41) is 0. The molecule has 1 aromatic rings. The van der Waals surface area contributed by atoms with Crippen LogP contribution in [0, 0.1) is 0 Å². The molecule has 0 aliphatic heterocycles. The highest BCUT2D eigenvalue weighted by atomic mass is 79.9. The molecule has 0 fully saturated rings. The van der Waals surface area contributed by atoms with Crippen LogP contribution in [-0.4, -0.2) is 13.1 Å². The second-order valence-electron chi connectivity index (χ2n) is 2.92. The molecule has 1 aromatic carbocycles. The molecule has 0 atom stereocenters. The Morgan fingerprint density at radius 1 is 1.29 bits per heavy atom. The third-order valence-corrected chi connectivity index (χ3v) is 2.24. The molecule has 5 heteroatoms. The van der Waals surface area contributed by atoms with Crippen LogP contribution < -0.4 is 4.74 Å². The molecule has 0 bridgehead atoms. The van der Waals surface area contributed by atoms with E-state index in [4.69, 9.17) is 4.74 Å². The van der Waals surface area contributed by atoms with Gasteiger partial charge in [0.1, 0.15) is 5.75 Å².